The number of hydrogen-bond acceptors (Lipinski definition) is 4. The molecule has 0 N–H and O–H groups in total. The zero-order valence-electron chi connectivity index (χ0n) is 27.9. The number of benzene rings is 3. The second kappa shape index (κ2) is 11.6. The number of para-hydroxylation sites is 1. The van der Waals surface area contributed by atoms with Gasteiger partial charge >= 0.3 is 5.97 Å². The van der Waals surface area contributed by atoms with Crippen molar-refractivity contribution >= 4 is 33.4 Å². The van der Waals surface area contributed by atoms with Gasteiger partial charge in [-0.05, 0) is 85.7 Å². The smallest absolute Gasteiger partial charge is 0.347 e. The van der Waals surface area contributed by atoms with E-state index >= 15 is 0 Å². The highest BCUT2D eigenvalue weighted by Crippen LogP contribution is 2.49. The predicted molar refractivity (Wildman–Crippen MR) is 179 cm³/mol. The molecule has 0 amide bonds. The van der Waals surface area contributed by atoms with Crippen molar-refractivity contribution in [2.75, 3.05) is 0 Å². The molecule has 3 rings (SSSR count). The molecule has 6 heteroatoms. The van der Waals surface area contributed by atoms with Crippen molar-refractivity contribution in [3.8, 4) is 17.2 Å². The van der Waals surface area contributed by atoms with E-state index < -0.39 is 22.6 Å². The predicted octanol–water partition coefficient (Wildman–Crippen LogP) is 10.7. The molecule has 0 aliphatic heterocycles. The van der Waals surface area contributed by atoms with Crippen LogP contribution in [0.15, 0.2) is 48.5 Å². The Balaban J connectivity index is 2.33. The second-order valence-electron chi connectivity index (χ2n) is 14.4. The van der Waals surface area contributed by atoms with Crippen molar-refractivity contribution in [1.29, 1.82) is 0 Å². The van der Waals surface area contributed by atoms with Gasteiger partial charge in [0.25, 0.3) is 16.6 Å². The van der Waals surface area contributed by atoms with Gasteiger partial charge in [-0.3, -0.25) is 0 Å². The molecule has 224 valence electrons. The molecule has 0 unspecified atom stereocenters. The van der Waals surface area contributed by atoms with Gasteiger partial charge in [0.15, 0.2) is 0 Å². The number of carbonyl (C=O) groups excluding carboxylic acids is 1. The monoisotopic (exact) mass is 592 g/mol. The molecule has 0 bridgehead atoms. The maximum atomic E-state index is 14.1. The van der Waals surface area contributed by atoms with Gasteiger partial charge in [0.2, 0.25) is 0 Å². The lowest BCUT2D eigenvalue weighted by atomic mass is 9.99. The van der Waals surface area contributed by atoms with Gasteiger partial charge in [-0.15, -0.1) is 0 Å². The van der Waals surface area contributed by atoms with E-state index in [1.165, 1.54) is 0 Å². The zero-order valence-corrected chi connectivity index (χ0v) is 29.9. The first kappa shape index (κ1) is 32.9. The molecule has 0 aliphatic rings. The molecule has 0 saturated heterocycles. The van der Waals surface area contributed by atoms with E-state index in [2.05, 4.69) is 107 Å². The Morgan fingerprint density at radius 3 is 1.78 bits per heavy atom. The average molecular weight is 593 g/mol. The SMILES string of the molecule is Cc1ccc2c(O[Si](C)(C)C(C)(C)C(C)C)c(C(=O)Oc3ccccc3C)cc(O[Si](C)(C)C(C)(C)C(C)C)c2c1. The Kier molecular flexibility index (Phi) is 9.32. The molecular formula is C35H52O4Si2. The lowest BCUT2D eigenvalue weighted by molar-refractivity contribution is 0.0731. The van der Waals surface area contributed by atoms with Crippen LogP contribution in [0.2, 0.25) is 36.3 Å². The third-order valence-electron chi connectivity index (χ3n) is 10.4. The van der Waals surface area contributed by atoms with E-state index in [9.17, 15) is 4.79 Å². The van der Waals surface area contributed by atoms with Gasteiger partial charge in [0.1, 0.15) is 22.8 Å². The molecule has 0 heterocycles. The molecule has 3 aromatic rings. The van der Waals surface area contributed by atoms with E-state index in [-0.39, 0.29) is 10.1 Å². The topological polar surface area (TPSA) is 44.8 Å². The maximum Gasteiger partial charge on any atom is 0.347 e. The van der Waals surface area contributed by atoms with Gasteiger partial charge in [0.05, 0.1) is 0 Å². The zero-order chi connectivity index (χ0) is 31.1. The number of esters is 1. The summed E-state index contributed by atoms with van der Waals surface area (Å²) in [5.41, 5.74) is 2.44. The average Bonchev–Trinajstić information content (AvgIpc) is 2.85. The summed E-state index contributed by atoms with van der Waals surface area (Å²) in [7, 11) is -4.70. The van der Waals surface area contributed by atoms with Crippen LogP contribution in [0.3, 0.4) is 0 Å². The fourth-order valence-corrected chi connectivity index (χ4v) is 9.59. The summed E-state index contributed by atoms with van der Waals surface area (Å²) in [4.78, 5) is 14.1. The van der Waals surface area contributed by atoms with Crippen molar-refractivity contribution in [2.24, 2.45) is 11.8 Å². The lowest BCUT2D eigenvalue weighted by Gasteiger charge is -2.43. The molecule has 41 heavy (non-hydrogen) atoms. The second-order valence-corrected chi connectivity index (χ2v) is 23.5. The highest BCUT2D eigenvalue weighted by molar-refractivity contribution is 6.75. The summed E-state index contributed by atoms with van der Waals surface area (Å²) in [6.07, 6.45) is 0. The van der Waals surface area contributed by atoms with Gasteiger partial charge in [0, 0.05) is 10.8 Å². The summed E-state index contributed by atoms with van der Waals surface area (Å²) in [5.74, 6) is 2.28. The molecule has 0 fully saturated rings. The highest BCUT2D eigenvalue weighted by Gasteiger charge is 2.47. The first-order valence-corrected chi connectivity index (χ1v) is 20.8. The number of hydrogen-bond donors (Lipinski definition) is 0. The van der Waals surface area contributed by atoms with Crippen molar-refractivity contribution in [3.63, 3.8) is 0 Å². The quantitative estimate of drug-likeness (QED) is 0.133. The van der Waals surface area contributed by atoms with Crippen LogP contribution in [0.25, 0.3) is 10.8 Å². The van der Waals surface area contributed by atoms with Crippen LogP contribution in [-0.2, 0) is 0 Å². The first-order chi connectivity index (χ1) is 18.7. The van der Waals surface area contributed by atoms with Crippen LogP contribution in [0.5, 0.6) is 17.2 Å². The molecular weight excluding hydrogens is 541 g/mol. The van der Waals surface area contributed by atoms with Crippen LogP contribution in [0, 0.1) is 25.7 Å². The van der Waals surface area contributed by atoms with Crippen LogP contribution in [0.4, 0.5) is 0 Å². The molecule has 0 aromatic heterocycles. The summed E-state index contributed by atoms with van der Waals surface area (Å²) in [6, 6.07) is 15.8. The fourth-order valence-electron chi connectivity index (χ4n) is 4.83. The Morgan fingerprint density at radius 1 is 0.707 bits per heavy atom. The standard InChI is InChI=1S/C35H52O4Si2/c1-23(2)34(7,8)40(11,12)38-31-22-29(33(36)37-30-18-16-15-17-26(30)6)32(27-20-19-25(5)21-28(27)31)39-41(13,14)35(9,10)24(3)4/h15-24H,1-14H3. The molecule has 0 aliphatic carbocycles. The molecule has 0 atom stereocenters. The third kappa shape index (κ3) is 6.44. The number of aryl methyl sites for hydroxylation is 2. The molecule has 4 nitrogen and oxygen atoms in total. The molecule has 0 spiro atoms. The van der Waals surface area contributed by atoms with Crippen LogP contribution < -0.4 is 13.6 Å². The number of ether oxygens (including phenoxy) is 1. The van der Waals surface area contributed by atoms with Crippen molar-refractivity contribution in [1.82, 2.24) is 0 Å². The van der Waals surface area contributed by atoms with Gasteiger partial charge in [-0.2, -0.15) is 0 Å². The third-order valence-corrected chi connectivity index (χ3v) is 19.2. The Morgan fingerprint density at radius 2 is 1.24 bits per heavy atom. The molecule has 0 radical (unpaired) electrons. The normalized spacial score (nSPS) is 13.2. The number of fused-ring (bicyclic) bond motifs is 1. The summed E-state index contributed by atoms with van der Waals surface area (Å²) in [5, 5.41) is 1.81. The van der Waals surface area contributed by atoms with Crippen LogP contribution >= 0.6 is 0 Å². The largest absolute Gasteiger partial charge is 0.543 e. The van der Waals surface area contributed by atoms with Crippen LogP contribution in [-0.4, -0.2) is 22.6 Å². The number of rotatable bonds is 10. The minimum atomic E-state index is -2.39. The van der Waals surface area contributed by atoms with Gasteiger partial charge in [-0.1, -0.05) is 91.3 Å². The van der Waals surface area contributed by atoms with Gasteiger partial charge < -0.3 is 13.6 Å². The Bertz CT molecular complexity index is 1420. The summed E-state index contributed by atoms with van der Waals surface area (Å²) in [6.45, 7) is 31.2. The fraction of sp³-hybridized carbons (Fsp3) is 0.514. The van der Waals surface area contributed by atoms with E-state index in [0.29, 0.717) is 28.9 Å². The number of carbonyl (C=O) groups is 1. The van der Waals surface area contributed by atoms with E-state index in [1.807, 2.05) is 37.3 Å². The van der Waals surface area contributed by atoms with Crippen molar-refractivity contribution in [3.05, 3.63) is 65.2 Å². The van der Waals surface area contributed by atoms with Gasteiger partial charge in [-0.25, -0.2) is 4.79 Å². The van der Waals surface area contributed by atoms with E-state index in [4.69, 9.17) is 13.6 Å². The summed E-state index contributed by atoms with van der Waals surface area (Å²) < 4.78 is 20.2. The first-order valence-electron chi connectivity index (χ1n) is 15.0. The minimum absolute atomic E-state index is 0.00364. The Hall–Kier alpha value is -2.58. The Labute approximate surface area is 251 Å². The van der Waals surface area contributed by atoms with Crippen LogP contribution in [0.1, 0.15) is 76.9 Å². The maximum absolute atomic E-state index is 14.1. The summed E-state index contributed by atoms with van der Waals surface area (Å²) >= 11 is 0. The van der Waals surface area contributed by atoms with Crippen molar-refractivity contribution in [2.45, 2.75) is 106 Å². The van der Waals surface area contributed by atoms with E-state index in [1.54, 1.807) is 0 Å². The minimum Gasteiger partial charge on any atom is -0.543 e. The van der Waals surface area contributed by atoms with Crippen molar-refractivity contribution < 1.29 is 18.4 Å². The molecule has 0 saturated carbocycles. The van der Waals surface area contributed by atoms with E-state index in [0.717, 1.165) is 27.6 Å². The highest BCUT2D eigenvalue weighted by atomic mass is 28.4. The lowest BCUT2D eigenvalue weighted by Crippen LogP contribution is -2.48. The molecule has 3 aromatic carbocycles.